The highest BCUT2D eigenvalue weighted by Crippen LogP contribution is 2.26. The van der Waals surface area contributed by atoms with Crippen molar-refractivity contribution in [3.8, 4) is 5.75 Å². The number of nitrogens with one attached hydrogen (secondary N) is 1. The van der Waals surface area contributed by atoms with Crippen molar-refractivity contribution in [3.63, 3.8) is 0 Å². The van der Waals surface area contributed by atoms with Crippen LogP contribution < -0.4 is 15.5 Å². The molecule has 0 fully saturated rings. The molecule has 0 radical (unpaired) electrons. The molecule has 0 aliphatic carbocycles. The van der Waals surface area contributed by atoms with Gasteiger partial charge in [-0.05, 0) is 51.3 Å². The van der Waals surface area contributed by atoms with E-state index in [-0.39, 0.29) is 5.46 Å². The summed E-state index contributed by atoms with van der Waals surface area (Å²) in [7, 11) is -1.66. The molecular formula is C14H20BNO5. The molecule has 21 heavy (non-hydrogen) atoms. The Labute approximate surface area is 124 Å². The van der Waals surface area contributed by atoms with Crippen LogP contribution in [0.3, 0.4) is 0 Å². The number of anilines is 1. The SMILES string of the molecule is CC(C)(C)OC(=O)Nc1cc2c(c(B(O)O)c1)OCCC2. The van der Waals surface area contributed by atoms with Gasteiger partial charge in [-0.3, -0.25) is 5.32 Å². The predicted molar refractivity (Wildman–Crippen MR) is 79.9 cm³/mol. The smallest absolute Gasteiger partial charge is 0.492 e. The van der Waals surface area contributed by atoms with Gasteiger partial charge < -0.3 is 19.5 Å². The molecule has 1 aliphatic heterocycles. The molecule has 0 bridgehead atoms. The van der Waals surface area contributed by atoms with Crippen molar-refractivity contribution < 1.29 is 24.3 Å². The summed E-state index contributed by atoms with van der Waals surface area (Å²) in [5, 5.41) is 21.5. The maximum Gasteiger partial charge on any atom is 0.492 e. The number of aryl methyl sites for hydroxylation is 1. The minimum atomic E-state index is -1.66. The summed E-state index contributed by atoms with van der Waals surface area (Å²) in [6.45, 7) is 5.87. The number of benzene rings is 1. The van der Waals surface area contributed by atoms with Crippen LogP contribution in [0.15, 0.2) is 12.1 Å². The Bertz CT molecular complexity index is 539. The largest absolute Gasteiger partial charge is 0.494 e. The van der Waals surface area contributed by atoms with Crippen molar-refractivity contribution in [2.24, 2.45) is 0 Å². The first kappa shape index (κ1) is 15.7. The minimum absolute atomic E-state index is 0.248. The third-order valence-corrected chi connectivity index (χ3v) is 2.95. The van der Waals surface area contributed by atoms with Crippen molar-refractivity contribution in [3.05, 3.63) is 17.7 Å². The van der Waals surface area contributed by atoms with Gasteiger partial charge in [-0.15, -0.1) is 0 Å². The summed E-state index contributed by atoms with van der Waals surface area (Å²) >= 11 is 0. The predicted octanol–water partition coefficient (Wildman–Crippen LogP) is 1.04. The summed E-state index contributed by atoms with van der Waals surface area (Å²) in [4.78, 5) is 11.8. The van der Waals surface area contributed by atoms with Crippen molar-refractivity contribution in [1.82, 2.24) is 0 Å². The van der Waals surface area contributed by atoms with E-state index in [9.17, 15) is 14.8 Å². The molecule has 1 aromatic rings. The van der Waals surface area contributed by atoms with Gasteiger partial charge in [-0.25, -0.2) is 4.79 Å². The number of carbonyl (C=O) groups is 1. The molecule has 0 saturated carbocycles. The minimum Gasteiger partial charge on any atom is -0.494 e. The molecule has 0 aromatic heterocycles. The summed E-state index contributed by atoms with van der Waals surface area (Å²) in [5.74, 6) is 0.492. The second kappa shape index (κ2) is 5.95. The van der Waals surface area contributed by atoms with Gasteiger partial charge in [-0.1, -0.05) is 0 Å². The van der Waals surface area contributed by atoms with E-state index in [4.69, 9.17) is 9.47 Å². The van der Waals surface area contributed by atoms with Gasteiger partial charge in [-0.2, -0.15) is 0 Å². The molecule has 3 N–H and O–H groups in total. The fourth-order valence-electron chi connectivity index (χ4n) is 2.20. The Balaban J connectivity index is 2.24. The van der Waals surface area contributed by atoms with Gasteiger partial charge in [0, 0.05) is 11.2 Å². The summed E-state index contributed by atoms with van der Waals surface area (Å²) in [5.41, 5.74) is 0.952. The quantitative estimate of drug-likeness (QED) is 0.709. The van der Waals surface area contributed by atoms with E-state index in [0.717, 1.165) is 18.4 Å². The van der Waals surface area contributed by atoms with Gasteiger partial charge in [0.05, 0.1) is 6.61 Å². The molecule has 1 heterocycles. The maximum absolute atomic E-state index is 11.8. The number of hydrogen-bond donors (Lipinski definition) is 3. The molecule has 1 aromatic carbocycles. The van der Waals surface area contributed by atoms with Crippen molar-refractivity contribution in [2.75, 3.05) is 11.9 Å². The molecule has 0 unspecified atom stereocenters. The fourth-order valence-corrected chi connectivity index (χ4v) is 2.20. The number of fused-ring (bicyclic) bond motifs is 1. The fraction of sp³-hybridized carbons (Fsp3) is 0.500. The van der Waals surface area contributed by atoms with Crippen LogP contribution in [0.1, 0.15) is 32.8 Å². The normalized spacial score (nSPS) is 14.0. The Morgan fingerprint density at radius 1 is 1.38 bits per heavy atom. The first-order chi connectivity index (χ1) is 9.76. The molecule has 114 valence electrons. The Morgan fingerprint density at radius 2 is 2.10 bits per heavy atom. The second-order valence-electron chi connectivity index (χ2n) is 6.01. The average molecular weight is 293 g/mol. The first-order valence-electron chi connectivity index (χ1n) is 6.92. The highest BCUT2D eigenvalue weighted by atomic mass is 16.6. The van der Waals surface area contributed by atoms with Gasteiger partial charge in [0.25, 0.3) is 0 Å². The van der Waals surface area contributed by atoms with Crippen molar-refractivity contribution >= 4 is 24.4 Å². The van der Waals surface area contributed by atoms with Crippen LogP contribution in [0.5, 0.6) is 5.75 Å². The zero-order chi connectivity index (χ0) is 15.6. The van der Waals surface area contributed by atoms with E-state index >= 15 is 0 Å². The number of carbonyl (C=O) groups excluding carboxylic acids is 1. The summed E-state index contributed by atoms with van der Waals surface area (Å²) < 4.78 is 10.7. The lowest BCUT2D eigenvalue weighted by molar-refractivity contribution is 0.0636. The van der Waals surface area contributed by atoms with Crippen molar-refractivity contribution in [1.29, 1.82) is 0 Å². The van der Waals surface area contributed by atoms with Crippen LogP contribution in [-0.4, -0.2) is 35.5 Å². The van der Waals surface area contributed by atoms with Crippen LogP contribution in [0.2, 0.25) is 0 Å². The molecule has 1 aliphatic rings. The van der Waals surface area contributed by atoms with Crippen LogP contribution in [0.4, 0.5) is 10.5 Å². The van der Waals surface area contributed by atoms with E-state index in [1.54, 1.807) is 26.8 Å². The Hall–Kier alpha value is -1.73. The molecule has 0 saturated heterocycles. The highest BCUT2D eigenvalue weighted by molar-refractivity contribution is 6.60. The lowest BCUT2D eigenvalue weighted by Gasteiger charge is -2.23. The Kier molecular flexibility index (Phi) is 4.44. The summed E-state index contributed by atoms with van der Waals surface area (Å²) in [6.07, 6.45) is 1.03. The molecular weight excluding hydrogens is 273 g/mol. The van der Waals surface area contributed by atoms with Gasteiger partial charge >= 0.3 is 13.2 Å². The number of ether oxygens (including phenoxy) is 2. The van der Waals surface area contributed by atoms with Crippen molar-refractivity contribution in [2.45, 2.75) is 39.2 Å². The molecule has 6 nitrogen and oxygen atoms in total. The number of hydrogen-bond acceptors (Lipinski definition) is 5. The second-order valence-corrected chi connectivity index (χ2v) is 6.01. The third-order valence-electron chi connectivity index (χ3n) is 2.95. The molecule has 1 amide bonds. The van der Waals surface area contributed by atoms with Crippen LogP contribution >= 0.6 is 0 Å². The van der Waals surface area contributed by atoms with Gasteiger partial charge in [0.15, 0.2) is 0 Å². The number of amides is 1. The first-order valence-corrected chi connectivity index (χ1v) is 6.92. The van der Waals surface area contributed by atoms with E-state index in [0.29, 0.717) is 18.0 Å². The van der Waals surface area contributed by atoms with Gasteiger partial charge in [0.1, 0.15) is 11.4 Å². The lowest BCUT2D eigenvalue weighted by Crippen LogP contribution is -2.34. The van der Waals surface area contributed by atoms with E-state index in [1.165, 1.54) is 6.07 Å². The van der Waals surface area contributed by atoms with Gasteiger partial charge in [0.2, 0.25) is 0 Å². The molecule has 2 rings (SSSR count). The lowest BCUT2D eigenvalue weighted by atomic mass is 9.77. The Morgan fingerprint density at radius 3 is 2.71 bits per heavy atom. The zero-order valence-corrected chi connectivity index (χ0v) is 12.5. The van der Waals surface area contributed by atoms with E-state index in [1.807, 2.05) is 0 Å². The molecule has 7 heteroatoms. The maximum atomic E-state index is 11.8. The molecule has 0 spiro atoms. The van der Waals surface area contributed by atoms with E-state index in [2.05, 4.69) is 5.32 Å². The van der Waals surface area contributed by atoms with E-state index < -0.39 is 18.8 Å². The van der Waals surface area contributed by atoms with Crippen LogP contribution in [0.25, 0.3) is 0 Å². The standard InChI is InChI=1S/C14H20BNO5/c1-14(2,3)21-13(17)16-10-7-9-5-4-6-20-12(9)11(8-10)15(18)19/h7-8,18-19H,4-6H2,1-3H3,(H,16,17). The van der Waals surface area contributed by atoms with Crippen LogP contribution in [-0.2, 0) is 11.2 Å². The number of rotatable bonds is 2. The average Bonchev–Trinajstić information content (AvgIpc) is 2.35. The zero-order valence-electron chi connectivity index (χ0n) is 12.5. The molecule has 0 atom stereocenters. The topological polar surface area (TPSA) is 88.0 Å². The third kappa shape index (κ3) is 4.12. The monoisotopic (exact) mass is 293 g/mol. The summed E-state index contributed by atoms with van der Waals surface area (Å²) in [6, 6.07) is 3.25. The van der Waals surface area contributed by atoms with Crippen LogP contribution in [0, 0.1) is 0 Å². The highest BCUT2D eigenvalue weighted by Gasteiger charge is 2.24.